The zero-order valence-electron chi connectivity index (χ0n) is 14.5. The molecule has 3 heterocycles. The fourth-order valence-electron chi connectivity index (χ4n) is 4.87. The predicted octanol–water partition coefficient (Wildman–Crippen LogP) is 2.74. The number of carbonyl (C=O) groups excluding carboxylic acids is 1. The summed E-state index contributed by atoms with van der Waals surface area (Å²) in [7, 11) is 0. The molecule has 0 aliphatic carbocycles. The van der Waals surface area contributed by atoms with Crippen molar-refractivity contribution in [3.05, 3.63) is 34.9 Å². The van der Waals surface area contributed by atoms with Gasteiger partial charge in [0.25, 0.3) is 0 Å². The molecule has 0 bridgehead atoms. The molecule has 3 aliphatic heterocycles. The molecule has 6 heteroatoms. The number of amides is 2. The van der Waals surface area contributed by atoms with E-state index in [1.807, 2.05) is 18.2 Å². The number of hydrogen-bond acceptors (Lipinski definition) is 3. The zero-order valence-corrected chi connectivity index (χ0v) is 15.2. The van der Waals surface area contributed by atoms with E-state index >= 15 is 0 Å². The van der Waals surface area contributed by atoms with Gasteiger partial charge >= 0.3 is 6.03 Å². The normalized spacial score (nSPS) is 29.0. The molecule has 5 nitrogen and oxygen atoms in total. The third kappa shape index (κ3) is 3.03. The van der Waals surface area contributed by atoms with Gasteiger partial charge in [0, 0.05) is 30.8 Å². The number of benzene rings is 1. The number of urea groups is 1. The van der Waals surface area contributed by atoms with Gasteiger partial charge in [-0.25, -0.2) is 4.79 Å². The topological polar surface area (TPSA) is 53.6 Å². The fourth-order valence-corrected chi connectivity index (χ4v) is 5.06. The summed E-state index contributed by atoms with van der Waals surface area (Å²) in [5.41, 5.74) is 0.831. The number of halogens is 1. The quantitative estimate of drug-likeness (QED) is 0.868. The fraction of sp³-hybridized carbons (Fsp3) is 0.632. The third-order valence-electron chi connectivity index (χ3n) is 6.05. The van der Waals surface area contributed by atoms with Crippen LogP contribution < -0.4 is 10.6 Å². The molecule has 0 aromatic heterocycles. The van der Waals surface area contributed by atoms with Crippen LogP contribution in [0.2, 0.25) is 5.02 Å². The average Bonchev–Trinajstić information content (AvgIpc) is 3.01. The predicted molar refractivity (Wildman–Crippen MR) is 97.8 cm³/mol. The molecule has 2 amide bonds. The van der Waals surface area contributed by atoms with Gasteiger partial charge in [-0.05, 0) is 62.4 Å². The van der Waals surface area contributed by atoms with Crippen LogP contribution in [0.25, 0.3) is 0 Å². The van der Waals surface area contributed by atoms with Crippen LogP contribution in [0.3, 0.4) is 0 Å². The van der Waals surface area contributed by atoms with E-state index in [4.69, 9.17) is 16.3 Å². The van der Waals surface area contributed by atoms with Gasteiger partial charge < -0.3 is 20.3 Å². The van der Waals surface area contributed by atoms with Gasteiger partial charge in [-0.3, -0.25) is 0 Å². The molecule has 0 spiro atoms. The van der Waals surface area contributed by atoms with Crippen molar-refractivity contribution in [3.8, 4) is 0 Å². The molecule has 1 atom stereocenters. The lowest BCUT2D eigenvalue weighted by molar-refractivity contribution is -0.0152. The molecule has 1 aromatic rings. The van der Waals surface area contributed by atoms with Crippen molar-refractivity contribution in [1.82, 2.24) is 15.5 Å². The Bertz CT molecular complexity index is 629. The summed E-state index contributed by atoms with van der Waals surface area (Å²) in [4.78, 5) is 15.1. The Morgan fingerprint density at radius 3 is 2.64 bits per heavy atom. The third-order valence-corrected chi connectivity index (χ3v) is 6.29. The SMILES string of the molecule is O=C1NC[C@](c2cccc(Cl)c2)(C2CCOCC2)N1C1CCNCC1. The van der Waals surface area contributed by atoms with Gasteiger partial charge in [0.1, 0.15) is 0 Å². The molecule has 4 rings (SSSR count). The first-order chi connectivity index (χ1) is 12.2. The summed E-state index contributed by atoms with van der Waals surface area (Å²) in [5, 5.41) is 7.30. The summed E-state index contributed by atoms with van der Waals surface area (Å²) in [6, 6.07) is 8.43. The Kier molecular flexibility index (Phi) is 4.89. The maximum Gasteiger partial charge on any atom is 0.318 e. The van der Waals surface area contributed by atoms with E-state index in [2.05, 4.69) is 21.6 Å². The summed E-state index contributed by atoms with van der Waals surface area (Å²) < 4.78 is 5.61. The molecule has 3 fully saturated rings. The van der Waals surface area contributed by atoms with Gasteiger partial charge in [0.15, 0.2) is 0 Å². The second-order valence-electron chi connectivity index (χ2n) is 7.33. The Balaban J connectivity index is 1.79. The monoisotopic (exact) mass is 363 g/mol. The molecule has 3 aliphatic rings. The van der Waals surface area contributed by atoms with E-state index in [1.165, 1.54) is 0 Å². The molecule has 1 aromatic carbocycles. The molecular weight excluding hydrogens is 338 g/mol. The number of nitrogens with zero attached hydrogens (tertiary/aromatic N) is 1. The van der Waals surface area contributed by atoms with Crippen molar-refractivity contribution in [1.29, 1.82) is 0 Å². The van der Waals surface area contributed by atoms with Gasteiger partial charge in [0.05, 0.1) is 5.54 Å². The lowest BCUT2D eigenvalue weighted by atomic mass is 9.72. The first-order valence-electron chi connectivity index (χ1n) is 9.33. The summed E-state index contributed by atoms with van der Waals surface area (Å²) >= 11 is 6.34. The van der Waals surface area contributed by atoms with E-state index in [0.717, 1.165) is 62.6 Å². The van der Waals surface area contributed by atoms with Crippen molar-refractivity contribution < 1.29 is 9.53 Å². The largest absolute Gasteiger partial charge is 0.381 e. The Hall–Kier alpha value is -1.30. The van der Waals surface area contributed by atoms with Crippen LogP contribution in [0.15, 0.2) is 24.3 Å². The van der Waals surface area contributed by atoms with Crippen molar-refractivity contribution in [2.24, 2.45) is 5.92 Å². The van der Waals surface area contributed by atoms with E-state index in [9.17, 15) is 4.79 Å². The zero-order chi connectivity index (χ0) is 17.3. The number of carbonyl (C=O) groups is 1. The van der Waals surface area contributed by atoms with Crippen LogP contribution in [0.5, 0.6) is 0 Å². The van der Waals surface area contributed by atoms with Crippen molar-refractivity contribution in [2.75, 3.05) is 32.8 Å². The van der Waals surface area contributed by atoms with Gasteiger partial charge in [-0.15, -0.1) is 0 Å². The maximum atomic E-state index is 12.9. The molecule has 136 valence electrons. The molecule has 0 radical (unpaired) electrons. The minimum Gasteiger partial charge on any atom is -0.381 e. The van der Waals surface area contributed by atoms with E-state index < -0.39 is 0 Å². The average molecular weight is 364 g/mol. The lowest BCUT2D eigenvalue weighted by Crippen LogP contribution is -2.57. The van der Waals surface area contributed by atoms with Crippen LogP contribution in [-0.2, 0) is 10.3 Å². The van der Waals surface area contributed by atoms with Crippen LogP contribution >= 0.6 is 11.6 Å². The molecule has 25 heavy (non-hydrogen) atoms. The standard InChI is InChI=1S/C19H26ClN3O2/c20-16-3-1-2-15(12-16)19(14-6-10-25-11-7-14)13-22-18(24)23(19)17-4-8-21-9-5-17/h1-3,12,14,17,21H,4-11,13H2,(H,22,24)/t19-/m1/s1. The minimum absolute atomic E-state index is 0.0679. The highest BCUT2D eigenvalue weighted by molar-refractivity contribution is 6.30. The first-order valence-corrected chi connectivity index (χ1v) is 9.71. The van der Waals surface area contributed by atoms with E-state index in [0.29, 0.717) is 12.5 Å². The van der Waals surface area contributed by atoms with Gasteiger partial charge in [0.2, 0.25) is 0 Å². The van der Waals surface area contributed by atoms with E-state index in [-0.39, 0.29) is 17.6 Å². The van der Waals surface area contributed by atoms with Crippen molar-refractivity contribution in [2.45, 2.75) is 37.3 Å². The summed E-state index contributed by atoms with van der Waals surface area (Å²) in [5.74, 6) is 0.383. The summed E-state index contributed by atoms with van der Waals surface area (Å²) in [6.07, 6.45) is 3.95. The molecule has 2 N–H and O–H groups in total. The van der Waals surface area contributed by atoms with Gasteiger partial charge in [-0.1, -0.05) is 23.7 Å². The summed E-state index contributed by atoms with van der Waals surface area (Å²) in [6.45, 7) is 4.12. The van der Waals surface area contributed by atoms with Crippen LogP contribution in [0, 0.1) is 5.92 Å². The molecular formula is C19H26ClN3O2. The second-order valence-corrected chi connectivity index (χ2v) is 7.77. The Morgan fingerprint density at radius 1 is 1.16 bits per heavy atom. The number of hydrogen-bond donors (Lipinski definition) is 2. The Morgan fingerprint density at radius 2 is 1.92 bits per heavy atom. The second kappa shape index (κ2) is 7.14. The minimum atomic E-state index is -0.326. The smallest absolute Gasteiger partial charge is 0.318 e. The highest BCUT2D eigenvalue weighted by atomic mass is 35.5. The lowest BCUT2D eigenvalue weighted by Gasteiger charge is -2.49. The van der Waals surface area contributed by atoms with Crippen LogP contribution in [0.1, 0.15) is 31.2 Å². The van der Waals surface area contributed by atoms with Gasteiger partial charge in [-0.2, -0.15) is 0 Å². The molecule has 3 saturated heterocycles. The molecule has 0 unspecified atom stereocenters. The van der Waals surface area contributed by atoms with Crippen molar-refractivity contribution >= 4 is 17.6 Å². The number of nitrogens with one attached hydrogen (secondary N) is 2. The Labute approximate surface area is 154 Å². The van der Waals surface area contributed by atoms with Crippen molar-refractivity contribution in [3.63, 3.8) is 0 Å². The number of rotatable bonds is 3. The number of ether oxygens (including phenoxy) is 1. The van der Waals surface area contributed by atoms with E-state index in [1.54, 1.807) is 0 Å². The van der Waals surface area contributed by atoms with Crippen LogP contribution in [-0.4, -0.2) is 49.8 Å². The molecule has 0 saturated carbocycles. The highest BCUT2D eigenvalue weighted by Crippen LogP contribution is 2.46. The maximum absolute atomic E-state index is 12.9. The first kappa shape index (κ1) is 17.1. The van der Waals surface area contributed by atoms with Crippen LogP contribution in [0.4, 0.5) is 4.79 Å². The number of piperidine rings is 1. The highest BCUT2D eigenvalue weighted by Gasteiger charge is 2.54.